The third kappa shape index (κ3) is 2.80. The van der Waals surface area contributed by atoms with E-state index in [4.69, 9.17) is 5.11 Å². The van der Waals surface area contributed by atoms with E-state index in [1.807, 2.05) is 44.2 Å². The van der Waals surface area contributed by atoms with E-state index < -0.39 is 5.97 Å². The van der Waals surface area contributed by atoms with Crippen molar-refractivity contribution in [2.24, 2.45) is 0 Å². The van der Waals surface area contributed by atoms with E-state index in [-0.39, 0.29) is 18.5 Å². The van der Waals surface area contributed by atoms with Crippen LogP contribution in [0, 0.1) is 13.8 Å². The van der Waals surface area contributed by atoms with Gasteiger partial charge >= 0.3 is 5.97 Å². The third-order valence-electron chi connectivity index (χ3n) is 3.95. The number of rotatable bonds is 5. The second kappa shape index (κ2) is 6.27. The zero-order chi connectivity index (χ0) is 17.3. The molecule has 0 unspecified atom stereocenters. The highest BCUT2D eigenvalue weighted by molar-refractivity contribution is 5.83. The van der Waals surface area contributed by atoms with Crippen LogP contribution in [-0.2, 0) is 11.3 Å². The number of aromatic nitrogens is 4. The topological polar surface area (TPSA) is 90.0 Å². The maximum Gasteiger partial charge on any atom is 0.303 e. The Labute approximate surface area is 138 Å². The lowest BCUT2D eigenvalue weighted by molar-refractivity contribution is -0.137. The Morgan fingerprint density at radius 2 is 1.88 bits per heavy atom. The average molecular weight is 326 g/mol. The van der Waals surface area contributed by atoms with Crippen LogP contribution >= 0.6 is 0 Å². The van der Waals surface area contributed by atoms with E-state index in [0.717, 1.165) is 16.8 Å². The Kier molecular flexibility index (Phi) is 4.16. The van der Waals surface area contributed by atoms with Gasteiger partial charge < -0.3 is 5.11 Å². The van der Waals surface area contributed by atoms with Crippen molar-refractivity contribution in [3.05, 3.63) is 52.1 Å². The van der Waals surface area contributed by atoms with Crippen LogP contribution in [0.1, 0.15) is 24.2 Å². The molecule has 0 aliphatic rings. The zero-order valence-electron chi connectivity index (χ0n) is 13.6. The lowest BCUT2D eigenvalue weighted by atomic mass is 10.2. The number of hydrogen-bond acceptors (Lipinski definition) is 4. The molecular weight excluding hydrogens is 308 g/mol. The summed E-state index contributed by atoms with van der Waals surface area (Å²) < 4.78 is 3.05. The maximum absolute atomic E-state index is 12.6. The van der Waals surface area contributed by atoms with Gasteiger partial charge in [0.05, 0.1) is 22.5 Å². The monoisotopic (exact) mass is 326 g/mol. The highest BCUT2D eigenvalue weighted by atomic mass is 16.4. The van der Waals surface area contributed by atoms with Gasteiger partial charge in [0.2, 0.25) is 0 Å². The SMILES string of the molecule is Cc1nn(CCCC(=O)O)c(=O)c2nn(-c3ccccc3)c(C)c12. The van der Waals surface area contributed by atoms with Gasteiger partial charge in [0.1, 0.15) is 0 Å². The highest BCUT2D eigenvalue weighted by Crippen LogP contribution is 2.20. The van der Waals surface area contributed by atoms with Crippen molar-refractivity contribution in [1.82, 2.24) is 19.6 Å². The molecule has 0 bridgehead atoms. The molecule has 0 amide bonds. The van der Waals surface area contributed by atoms with Crippen LogP contribution in [-0.4, -0.2) is 30.6 Å². The Hall–Kier alpha value is -2.96. The van der Waals surface area contributed by atoms with E-state index >= 15 is 0 Å². The number of aliphatic carboxylic acids is 1. The molecule has 2 heterocycles. The summed E-state index contributed by atoms with van der Waals surface area (Å²) in [5.41, 5.74) is 2.51. The molecule has 7 heteroatoms. The molecule has 0 fully saturated rings. The van der Waals surface area contributed by atoms with Crippen molar-refractivity contribution >= 4 is 16.9 Å². The van der Waals surface area contributed by atoms with Crippen molar-refractivity contribution in [2.75, 3.05) is 0 Å². The molecular formula is C17H18N4O3. The smallest absolute Gasteiger partial charge is 0.303 e. The molecule has 3 rings (SSSR count). The first kappa shape index (κ1) is 15.9. The van der Waals surface area contributed by atoms with Crippen molar-refractivity contribution in [3.8, 4) is 5.69 Å². The largest absolute Gasteiger partial charge is 0.481 e. The molecule has 24 heavy (non-hydrogen) atoms. The fourth-order valence-corrected chi connectivity index (χ4v) is 2.84. The lowest BCUT2D eigenvalue weighted by Crippen LogP contribution is -2.24. The van der Waals surface area contributed by atoms with Gasteiger partial charge in [-0.2, -0.15) is 10.2 Å². The van der Waals surface area contributed by atoms with E-state index in [0.29, 0.717) is 17.6 Å². The molecule has 124 valence electrons. The molecule has 2 aromatic heterocycles. The number of fused-ring (bicyclic) bond motifs is 1. The summed E-state index contributed by atoms with van der Waals surface area (Å²) in [6, 6.07) is 9.59. The molecule has 1 N–H and O–H groups in total. The molecule has 0 atom stereocenters. The average Bonchev–Trinajstić information content (AvgIpc) is 2.91. The Morgan fingerprint density at radius 3 is 2.54 bits per heavy atom. The minimum Gasteiger partial charge on any atom is -0.481 e. The van der Waals surface area contributed by atoms with Crippen molar-refractivity contribution in [2.45, 2.75) is 33.2 Å². The van der Waals surface area contributed by atoms with Crippen molar-refractivity contribution in [1.29, 1.82) is 0 Å². The van der Waals surface area contributed by atoms with Gasteiger partial charge in [-0.1, -0.05) is 18.2 Å². The number of hydrogen-bond donors (Lipinski definition) is 1. The minimum atomic E-state index is -0.884. The first-order chi connectivity index (χ1) is 11.5. The summed E-state index contributed by atoms with van der Waals surface area (Å²) in [6.07, 6.45) is 0.355. The molecule has 0 saturated carbocycles. The van der Waals surface area contributed by atoms with Gasteiger partial charge in [0.15, 0.2) is 5.52 Å². The molecule has 0 spiro atoms. The van der Waals surface area contributed by atoms with Gasteiger partial charge in [0, 0.05) is 13.0 Å². The summed E-state index contributed by atoms with van der Waals surface area (Å²) in [7, 11) is 0. The number of nitrogens with zero attached hydrogens (tertiary/aromatic N) is 4. The van der Waals surface area contributed by atoms with Gasteiger partial charge in [-0.25, -0.2) is 9.36 Å². The number of carbonyl (C=O) groups is 1. The lowest BCUT2D eigenvalue weighted by Gasteiger charge is -2.05. The molecule has 0 aliphatic carbocycles. The first-order valence-electron chi connectivity index (χ1n) is 7.73. The van der Waals surface area contributed by atoms with Crippen LogP contribution in [0.3, 0.4) is 0 Å². The zero-order valence-corrected chi connectivity index (χ0v) is 13.6. The number of para-hydroxylation sites is 1. The quantitative estimate of drug-likeness (QED) is 0.775. The molecule has 0 saturated heterocycles. The summed E-state index contributed by atoms with van der Waals surface area (Å²) in [5, 5.41) is 18.3. The van der Waals surface area contributed by atoms with Gasteiger partial charge in [0.25, 0.3) is 5.56 Å². The summed E-state index contributed by atoms with van der Waals surface area (Å²) in [4.78, 5) is 23.3. The Bertz CT molecular complexity index is 957. The standard InChI is InChI=1S/C17H18N4O3/c1-11-15-12(2)21(13-7-4-3-5-8-13)19-16(15)17(24)20(18-11)10-6-9-14(22)23/h3-5,7-8H,6,9-10H2,1-2H3,(H,22,23). The van der Waals surface area contributed by atoms with Crippen LogP contribution in [0.15, 0.2) is 35.1 Å². The van der Waals surface area contributed by atoms with E-state index in [1.165, 1.54) is 4.68 Å². The predicted molar refractivity (Wildman–Crippen MR) is 89.5 cm³/mol. The van der Waals surface area contributed by atoms with Crippen LogP contribution < -0.4 is 5.56 Å². The van der Waals surface area contributed by atoms with Crippen LogP contribution in [0.5, 0.6) is 0 Å². The first-order valence-corrected chi connectivity index (χ1v) is 7.73. The normalized spacial score (nSPS) is 11.1. The maximum atomic E-state index is 12.6. The van der Waals surface area contributed by atoms with Crippen LogP contribution in [0.25, 0.3) is 16.6 Å². The van der Waals surface area contributed by atoms with Crippen LogP contribution in [0.4, 0.5) is 0 Å². The Balaban J connectivity index is 2.10. The fourth-order valence-electron chi connectivity index (χ4n) is 2.84. The van der Waals surface area contributed by atoms with Crippen molar-refractivity contribution < 1.29 is 9.90 Å². The number of aryl methyl sites for hydroxylation is 3. The van der Waals surface area contributed by atoms with E-state index in [9.17, 15) is 9.59 Å². The third-order valence-corrected chi connectivity index (χ3v) is 3.95. The fraction of sp³-hybridized carbons (Fsp3) is 0.294. The number of benzene rings is 1. The van der Waals surface area contributed by atoms with E-state index in [1.54, 1.807) is 4.68 Å². The summed E-state index contributed by atoms with van der Waals surface area (Å²) in [6.45, 7) is 4.00. The molecule has 7 nitrogen and oxygen atoms in total. The summed E-state index contributed by atoms with van der Waals surface area (Å²) in [5.74, 6) is -0.884. The van der Waals surface area contributed by atoms with Crippen LogP contribution in [0.2, 0.25) is 0 Å². The number of carboxylic acid groups (broad SMARTS) is 1. The van der Waals surface area contributed by atoms with E-state index in [2.05, 4.69) is 10.2 Å². The molecule has 1 aromatic carbocycles. The molecule has 0 aliphatic heterocycles. The highest BCUT2D eigenvalue weighted by Gasteiger charge is 2.17. The van der Waals surface area contributed by atoms with Crippen molar-refractivity contribution in [3.63, 3.8) is 0 Å². The predicted octanol–water partition coefficient (Wildman–Crippen LogP) is 2.06. The number of carboxylic acids is 1. The molecule has 0 radical (unpaired) electrons. The molecule has 3 aromatic rings. The minimum absolute atomic E-state index is 0.00267. The second-order valence-corrected chi connectivity index (χ2v) is 5.67. The second-order valence-electron chi connectivity index (χ2n) is 5.67. The summed E-state index contributed by atoms with van der Waals surface area (Å²) >= 11 is 0. The van der Waals surface area contributed by atoms with Gasteiger partial charge in [-0.15, -0.1) is 0 Å². The Morgan fingerprint density at radius 1 is 1.17 bits per heavy atom. The van der Waals surface area contributed by atoms with Gasteiger partial charge in [-0.3, -0.25) is 9.59 Å². The van der Waals surface area contributed by atoms with Gasteiger partial charge in [-0.05, 0) is 32.4 Å².